The molecule has 0 radical (unpaired) electrons. The summed E-state index contributed by atoms with van der Waals surface area (Å²) in [5.41, 5.74) is -1.16. The van der Waals surface area contributed by atoms with Crippen molar-refractivity contribution in [3.63, 3.8) is 0 Å². The largest absolute Gasteiger partial charge is 0.480 e. The van der Waals surface area contributed by atoms with Gasteiger partial charge in [0.1, 0.15) is 11.2 Å². The summed E-state index contributed by atoms with van der Waals surface area (Å²) in [4.78, 5) is 21.9. The molecule has 0 aliphatic heterocycles. The van der Waals surface area contributed by atoms with Crippen LogP contribution in [-0.2, 0) is 11.8 Å². The molecule has 0 saturated carbocycles. The number of hydrogen-bond acceptors (Lipinski definition) is 5. The zero-order valence-electron chi connectivity index (χ0n) is 11.4. The van der Waals surface area contributed by atoms with Crippen molar-refractivity contribution in [2.24, 2.45) is 7.05 Å². The maximum absolute atomic E-state index is 11.4. The van der Waals surface area contributed by atoms with Crippen molar-refractivity contribution in [1.82, 2.24) is 9.78 Å². The van der Waals surface area contributed by atoms with Crippen LogP contribution in [0, 0.1) is 17.0 Å². The lowest BCUT2D eigenvalue weighted by atomic mass is 9.93. The Morgan fingerprint density at radius 1 is 1.53 bits per heavy atom. The van der Waals surface area contributed by atoms with E-state index in [0.29, 0.717) is 12.8 Å². The number of aromatic nitrogens is 2. The number of carboxylic acids is 1. The van der Waals surface area contributed by atoms with E-state index in [2.05, 4.69) is 10.4 Å². The highest BCUT2D eigenvalue weighted by molar-refractivity contribution is 5.83. The van der Waals surface area contributed by atoms with Gasteiger partial charge in [0.2, 0.25) is 5.82 Å². The Kier molecular flexibility index (Phi) is 4.13. The van der Waals surface area contributed by atoms with Crippen molar-refractivity contribution < 1.29 is 14.8 Å². The minimum atomic E-state index is -1.23. The summed E-state index contributed by atoms with van der Waals surface area (Å²) in [6.45, 7) is 4.96. The molecule has 0 saturated heterocycles. The fourth-order valence-electron chi connectivity index (χ4n) is 2.01. The quantitative estimate of drug-likeness (QED) is 0.601. The third-order valence-corrected chi connectivity index (χ3v) is 3.35. The Labute approximate surface area is 110 Å². The van der Waals surface area contributed by atoms with Crippen LogP contribution >= 0.6 is 0 Å². The predicted molar refractivity (Wildman–Crippen MR) is 69.2 cm³/mol. The number of nitrogens with one attached hydrogen (secondary N) is 1. The normalized spacial score (nSPS) is 11.4. The lowest BCUT2D eigenvalue weighted by molar-refractivity contribution is -0.384. The fourth-order valence-corrected chi connectivity index (χ4v) is 2.01. The van der Waals surface area contributed by atoms with E-state index in [4.69, 9.17) is 0 Å². The number of rotatable bonds is 6. The number of aliphatic carboxylic acids is 1. The van der Waals surface area contributed by atoms with Crippen molar-refractivity contribution in [3.05, 3.63) is 15.8 Å². The molecule has 8 nitrogen and oxygen atoms in total. The lowest BCUT2D eigenvalue weighted by Gasteiger charge is -2.28. The van der Waals surface area contributed by atoms with Gasteiger partial charge in [-0.1, -0.05) is 13.8 Å². The Morgan fingerprint density at radius 2 is 2.05 bits per heavy atom. The van der Waals surface area contributed by atoms with E-state index < -0.39 is 16.4 Å². The number of anilines is 1. The summed E-state index contributed by atoms with van der Waals surface area (Å²) < 4.78 is 1.30. The van der Waals surface area contributed by atoms with Crippen molar-refractivity contribution in [2.75, 3.05) is 5.32 Å². The van der Waals surface area contributed by atoms with Gasteiger partial charge in [-0.25, -0.2) is 9.48 Å². The zero-order valence-corrected chi connectivity index (χ0v) is 11.4. The number of nitrogens with zero attached hydrogens (tertiary/aromatic N) is 3. The molecule has 19 heavy (non-hydrogen) atoms. The van der Waals surface area contributed by atoms with E-state index in [1.165, 1.54) is 11.6 Å². The van der Waals surface area contributed by atoms with Gasteiger partial charge < -0.3 is 10.4 Å². The second kappa shape index (κ2) is 5.25. The fraction of sp³-hybridized carbons (Fsp3) is 0.636. The van der Waals surface area contributed by atoms with Crippen molar-refractivity contribution in [3.8, 4) is 0 Å². The van der Waals surface area contributed by atoms with Gasteiger partial charge in [0.25, 0.3) is 0 Å². The van der Waals surface area contributed by atoms with Crippen LogP contribution < -0.4 is 5.32 Å². The first-order valence-corrected chi connectivity index (χ1v) is 5.98. The zero-order chi connectivity index (χ0) is 14.8. The Hall–Kier alpha value is -2.12. The average molecular weight is 270 g/mol. The Balaban J connectivity index is 3.32. The minimum Gasteiger partial charge on any atom is -0.480 e. The summed E-state index contributed by atoms with van der Waals surface area (Å²) >= 11 is 0. The summed E-state index contributed by atoms with van der Waals surface area (Å²) in [7, 11) is 1.54. The van der Waals surface area contributed by atoms with Crippen molar-refractivity contribution in [2.45, 2.75) is 39.2 Å². The van der Waals surface area contributed by atoms with E-state index in [-0.39, 0.29) is 17.2 Å². The first kappa shape index (κ1) is 14.9. The molecule has 0 atom stereocenters. The van der Waals surface area contributed by atoms with Crippen molar-refractivity contribution >= 4 is 17.5 Å². The van der Waals surface area contributed by atoms with E-state index in [9.17, 15) is 20.0 Å². The van der Waals surface area contributed by atoms with Crippen LogP contribution in [0.5, 0.6) is 0 Å². The van der Waals surface area contributed by atoms with Gasteiger partial charge in [0, 0.05) is 7.05 Å². The maximum Gasteiger partial charge on any atom is 0.333 e. The monoisotopic (exact) mass is 270 g/mol. The molecule has 8 heteroatoms. The molecule has 0 fully saturated rings. The number of carboxylic acid groups (broad SMARTS) is 1. The first-order valence-electron chi connectivity index (χ1n) is 5.98. The molecule has 106 valence electrons. The van der Waals surface area contributed by atoms with Crippen molar-refractivity contribution in [1.29, 1.82) is 0 Å². The highest BCUT2D eigenvalue weighted by atomic mass is 16.6. The highest BCUT2D eigenvalue weighted by Crippen LogP contribution is 2.32. The molecule has 1 rings (SSSR count). The van der Waals surface area contributed by atoms with Gasteiger partial charge in [-0.15, -0.1) is 0 Å². The topological polar surface area (TPSA) is 110 Å². The second-order valence-corrected chi connectivity index (χ2v) is 4.38. The third-order valence-electron chi connectivity index (χ3n) is 3.35. The Morgan fingerprint density at radius 3 is 2.42 bits per heavy atom. The van der Waals surface area contributed by atoms with Gasteiger partial charge in [0.05, 0.1) is 4.92 Å². The van der Waals surface area contributed by atoms with Crippen LogP contribution in [0.25, 0.3) is 0 Å². The number of hydrogen-bond donors (Lipinski definition) is 2. The second-order valence-electron chi connectivity index (χ2n) is 4.38. The minimum absolute atomic E-state index is 0.119. The third kappa shape index (κ3) is 2.51. The van der Waals surface area contributed by atoms with Crippen LogP contribution in [0.4, 0.5) is 11.5 Å². The van der Waals surface area contributed by atoms with E-state index >= 15 is 0 Å². The SMILES string of the molecule is CCC(CC)(Nc1c([N+](=O)[O-])c(C)nn1C)C(=O)O. The lowest BCUT2D eigenvalue weighted by Crippen LogP contribution is -2.45. The molecular weight excluding hydrogens is 252 g/mol. The molecule has 1 aromatic rings. The molecule has 0 aliphatic rings. The molecule has 0 aromatic carbocycles. The van der Waals surface area contributed by atoms with Crippen LogP contribution in [0.3, 0.4) is 0 Å². The number of carbonyl (C=O) groups is 1. The molecule has 1 aromatic heterocycles. The molecule has 2 N–H and O–H groups in total. The molecule has 0 bridgehead atoms. The number of nitro groups is 1. The molecule has 0 amide bonds. The number of aryl methyl sites for hydroxylation is 2. The predicted octanol–water partition coefficient (Wildman–Crippen LogP) is 1.69. The molecular formula is C11H18N4O4. The smallest absolute Gasteiger partial charge is 0.333 e. The van der Waals surface area contributed by atoms with Gasteiger partial charge in [-0.05, 0) is 19.8 Å². The standard InChI is InChI=1S/C11H18N4O4/c1-5-11(6-2,10(16)17)12-9-8(15(18)19)7(3)13-14(9)4/h12H,5-6H2,1-4H3,(H,16,17). The summed E-state index contributed by atoms with van der Waals surface area (Å²) in [6, 6.07) is 0. The summed E-state index contributed by atoms with van der Waals surface area (Å²) in [5.74, 6) is -0.917. The maximum atomic E-state index is 11.4. The first-order chi connectivity index (χ1) is 8.79. The Bertz CT molecular complexity index is 505. The van der Waals surface area contributed by atoms with Gasteiger partial charge in [0.15, 0.2) is 0 Å². The van der Waals surface area contributed by atoms with E-state index in [1.54, 1.807) is 20.9 Å². The van der Waals surface area contributed by atoms with E-state index in [1.807, 2.05) is 0 Å². The van der Waals surface area contributed by atoms with Gasteiger partial charge in [-0.2, -0.15) is 5.10 Å². The van der Waals surface area contributed by atoms with Crippen LogP contribution in [0.2, 0.25) is 0 Å². The summed E-state index contributed by atoms with van der Waals surface area (Å²) in [5, 5.41) is 27.2. The highest BCUT2D eigenvalue weighted by Gasteiger charge is 2.38. The van der Waals surface area contributed by atoms with Gasteiger partial charge >= 0.3 is 11.7 Å². The molecule has 0 spiro atoms. The molecule has 1 heterocycles. The van der Waals surface area contributed by atoms with Crippen LogP contribution in [0.15, 0.2) is 0 Å². The van der Waals surface area contributed by atoms with Crippen LogP contribution in [0.1, 0.15) is 32.4 Å². The summed E-state index contributed by atoms with van der Waals surface area (Å²) in [6.07, 6.45) is 0.612. The molecule has 0 unspecified atom stereocenters. The molecule has 0 aliphatic carbocycles. The average Bonchev–Trinajstić information content (AvgIpc) is 2.60. The van der Waals surface area contributed by atoms with Gasteiger partial charge in [-0.3, -0.25) is 10.1 Å². The van der Waals surface area contributed by atoms with E-state index in [0.717, 1.165) is 0 Å². The van der Waals surface area contributed by atoms with Crippen LogP contribution in [-0.4, -0.2) is 31.3 Å².